The summed E-state index contributed by atoms with van der Waals surface area (Å²) < 4.78 is 27.7. The number of non-ortho nitro benzene ring substituents is 1. The highest BCUT2D eigenvalue weighted by Crippen LogP contribution is 2.28. The number of hydrazone groups is 1. The zero-order chi connectivity index (χ0) is 24.9. The van der Waals surface area contributed by atoms with Crippen LogP contribution in [-0.2, 0) is 14.8 Å². The zero-order valence-electron chi connectivity index (χ0n) is 18.3. The van der Waals surface area contributed by atoms with Gasteiger partial charge in [0.05, 0.1) is 21.2 Å². The van der Waals surface area contributed by atoms with Gasteiger partial charge in [0.1, 0.15) is 6.54 Å². The fourth-order valence-electron chi connectivity index (χ4n) is 3.14. The van der Waals surface area contributed by atoms with Crippen molar-refractivity contribution in [2.45, 2.75) is 18.7 Å². The number of hydrogen-bond acceptors (Lipinski definition) is 6. The summed E-state index contributed by atoms with van der Waals surface area (Å²) in [4.78, 5) is 23.2. The molecule has 0 atom stereocenters. The van der Waals surface area contributed by atoms with E-state index in [9.17, 15) is 23.3 Å². The molecule has 34 heavy (non-hydrogen) atoms. The second kappa shape index (κ2) is 10.4. The number of rotatable bonds is 8. The third-order valence-electron chi connectivity index (χ3n) is 4.87. The molecule has 0 unspecified atom stereocenters. The van der Waals surface area contributed by atoms with Crippen molar-refractivity contribution in [1.82, 2.24) is 5.43 Å². The molecule has 0 bridgehead atoms. The maximum absolute atomic E-state index is 13.4. The van der Waals surface area contributed by atoms with E-state index in [4.69, 9.17) is 11.6 Å². The first kappa shape index (κ1) is 24.9. The second-order valence-corrected chi connectivity index (χ2v) is 9.59. The molecule has 1 N–H and O–H groups in total. The largest absolute Gasteiger partial charge is 0.271 e. The smallest absolute Gasteiger partial charge is 0.270 e. The Labute approximate surface area is 201 Å². The molecule has 0 radical (unpaired) electrons. The fourth-order valence-corrected chi connectivity index (χ4v) is 4.87. The number of sulfonamides is 1. The van der Waals surface area contributed by atoms with Gasteiger partial charge >= 0.3 is 0 Å². The van der Waals surface area contributed by atoms with Crippen LogP contribution in [0, 0.1) is 17.0 Å². The number of carbonyl (C=O) groups excluding carboxylic acids is 1. The second-order valence-electron chi connectivity index (χ2n) is 7.30. The summed E-state index contributed by atoms with van der Waals surface area (Å²) in [6, 6.07) is 18.2. The van der Waals surface area contributed by atoms with Crippen LogP contribution in [0.25, 0.3) is 0 Å². The van der Waals surface area contributed by atoms with E-state index >= 15 is 0 Å². The van der Waals surface area contributed by atoms with Crippen LogP contribution in [0.15, 0.2) is 82.8 Å². The topological polar surface area (TPSA) is 122 Å². The number of amides is 1. The van der Waals surface area contributed by atoms with Gasteiger partial charge < -0.3 is 0 Å². The van der Waals surface area contributed by atoms with E-state index in [0.717, 1.165) is 4.31 Å². The first-order valence-corrected chi connectivity index (χ1v) is 11.8. The Morgan fingerprint density at radius 1 is 1.09 bits per heavy atom. The lowest BCUT2D eigenvalue weighted by Crippen LogP contribution is -2.40. The van der Waals surface area contributed by atoms with Gasteiger partial charge in [0.2, 0.25) is 0 Å². The summed E-state index contributed by atoms with van der Waals surface area (Å²) in [7, 11) is -4.08. The monoisotopic (exact) mass is 500 g/mol. The van der Waals surface area contributed by atoms with E-state index in [1.54, 1.807) is 50.2 Å². The number of nitro benzene ring substituents is 1. The molecule has 0 saturated heterocycles. The van der Waals surface area contributed by atoms with Crippen molar-refractivity contribution in [2.24, 2.45) is 5.10 Å². The molecular weight excluding hydrogens is 480 g/mol. The lowest BCUT2D eigenvalue weighted by molar-refractivity contribution is -0.384. The minimum Gasteiger partial charge on any atom is -0.271 e. The van der Waals surface area contributed by atoms with E-state index in [-0.39, 0.29) is 10.6 Å². The summed E-state index contributed by atoms with van der Waals surface area (Å²) in [6.07, 6.45) is 0. The van der Waals surface area contributed by atoms with E-state index < -0.39 is 27.4 Å². The molecule has 176 valence electrons. The van der Waals surface area contributed by atoms with Crippen LogP contribution in [0.3, 0.4) is 0 Å². The molecule has 0 spiro atoms. The van der Waals surface area contributed by atoms with Gasteiger partial charge in [0.15, 0.2) is 0 Å². The number of benzene rings is 3. The van der Waals surface area contributed by atoms with Gasteiger partial charge in [-0.15, -0.1) is 0 Å². The Morgan fingerprint density at radius 3 is 2.44 bits per heavy atom. The van der Waals surface area contributed by atoms with Gasteiger partial charge in [-0.2, -0.15) is 5.10 Å². The molecule has 3 aromatic rings. The SMILES string of the molecule is C/C(=N/NC(=O)CN(c1ccc(Cl)cc1C)S(=O)(=O)c1ccccc1)c1cccc([N+](=O)[O-])c1. The number of halogens is 1. The van der Waals surface area contributed by atoms with Gasteiger partial charge in [-0.25, -0.2) is 13.8 Å². The quantitative estimate of drug-likeness (QED) is 0.281. The summed E-state index contributed by atoms with van der Waals surface area (Å²) in [6.45, 7) is 2.71. The van der Waals surface area contributed by atoms with Crippen LogP contribution < -0.4 is 9.73 Å². The number of nitrogens with zero attached hydrogens (tertiary/aromatic N) is 3. The average Bonchev–Trinajstić information content (AvgIpc) is 2.82. The van der Waals surface area contributed by atoms with Crippen molar-refractivity contribution in [3.8, 4) is 0 Å². The molecular formula is C23H21ClN4O5S. The molecule has 0 aliphatic heterocycles. The Balaban J connectivity index is 1.89. The lowest BCUT2D eigenvalue weighted by Gasteiger charge is -2.25. The van der Waals surface area contributed by atoms with Crippen molar-refractivity contribution in [3.05, 3.63) is 99.1 Å². The van der Waals surface area contributed by atoms with E-state index in [1.807, 2.05) is 0 Å². The minimum atomic E-state index is -4.08. The van der Waals surface area contributed by atoms with Crippen LogP contribution in [0.1, 0.15) is 18.1 Å². The third-order valence-corrected chi connectivity index (χ3v) is 6.88. The number of anilines is 1. The Morgan fingerprint density at radius 2 is 1.79 bits per heavy atom. The van der Waals surface area contributed by atoms with Crippen LogP contribution in [0.4, 0.5) is 11.4 Å². The molecule has 0 heterocycles. The highest BCUT2D eigenvalue weighted by molar-refractivity contribution is 7.92. The summed E-state index contributed by atoms with van der Waals surface area (Å²) >= 11 is 6.02. The molecule has 1 amide bonds. The molecule has 3 rings (SSSR count). The molecule has 11 heteroatoms. The predicted molar refractivity (Wildman–Crippen MR) is 131 cm³/mol. The Bertz CT molecular complexity index is 1360. The standard InChI is InChI=1S/C23H21ClN4O5S/c1-16-13-19(24)11-12-22(16)27(34(32,33)21-9-4-3-5-10-21)15-23(29)26-25-17(2)18-7-6-8-20(14-18)28(30)31/h3-14H,15H2,1-2H3,(H,26,29)/b25-17-. The lowest BCUT2D eigenvalue weighted by atomic mass is 10.1. The molecule has 0 saturated carbocycles. The van der Waals surface area contributed by atoms with E-state index in [1.165, 1.54) is 36.4 Å². The highest BCUT2D eigenvalue weighted by atomic mass is 35.5. The Hall–Kier alpha value is -3.76. The van der Waals surface area contributed by atoms with Crippen molar-refractivity contribution in [3.63, 3.8) is 0 Å². The van der Waals surface area contributed by atoms with Crippen molar-refractivity contribution in [2.75, 3.05) is 10.8 Å². The van der Waals surface area contributed by atoms with Crippen LogP contribution in [0.2, 0.25) is 5.02 Å². The maximum atomic E-state index is 13.4. The Kier molecular flexibility index (Phi) is 7.64. The van der Waals surface area contributed by atoms with Crippen molar-refractivity contribution < 1.29 is 18.1 Å². The van der Waals surface area contributed by atoms with Gasteiger partial charge in [0, 0.05) is 22.7 Å². The molecule has 0 aliphatic rings. The first-order valence-electron chi connectivity index (χ1n) is 10.0. The van der Waals surface area contributed by atoms with Gasteiger partial charge in [0.25, 0.3) is 21.6 Å². The van der Waals surface area contributed by atoms with Gasteiger partial charge in [-0.1, -0.05) is 41.9 Å². The summed E-state index contributed by atoms with van der Waals surface area (Å²) in [5, 5.41) is 15.4. The van der Waals surface area contributed by atoms with Gasteiger partial charge in [-0.3, -0.25) is 19.2 Å². The predicted octanol–water partition coefficient (Wildman–Crippen LogP) is 4.29. The number of aryl methyl sites for hydroxylation is 1. The normalized spacial score (nSPS) is 11.7. The third kappa shape index (κ3) is 5.77. The molecule has 0 aliphatic carbocycles. The highest BCUT2D eigenvalue weighted by Gasteiger charge is 2.28. The van der Waals surface area contributed by atoms with E-state index in [2.05, 4.69) is 10.5 Å². The molecule has 9 nitrogen and oxygen atoms in total. The van der Waals surface area contributed by atoms with E-state index in [0.29, 0.717) is 27.5 Å². The van der Waals surface area contributed by atoms with Crippen molar-refractivity contribution in [1.29, 1.82) is 0 Å². The minimum absolute atomic E-state index is 0.0217. The average molecular weight is 501 g/mol. The molecule has 3 aromatic carbocycles. The van der Waals surface area contributed by atoms with Crippen molar-refractivity contribution >= 4 is 44.6 Å². The molecule has 0 fully saturated rings. The fraction of sp³-hybridized carbons (Fsp3) is 0.130. The first-order chi connectivity index (χ1) is 16.1. The van der Waals surface area contributed by atoms with Gasteiger partial charge in [-0.05, 0) is 49.7 Å². The zero-order valence-corrected chi connectivity index (χ0v) is 19.9. The number of nitrogens with one attached hydrogen (secondary N) is 1. The summed E-state index contributed by atoms with van der Waals surface area (Å²) in [5.41, 5.74) is 3.84. The van der Waals surface area contributed by atoms with Crippen LogP contribution >= 0.6 is 11.6 Å². The summed E-state index contributed by atoms with van der Waals surface area (Å²) in [5.74, 6) is -0.696. The van der Waals surface area contributed by atoms with Crippen LogP contribution in [-0.4, -0.2) is 31.5 Å². The maximum Gasteiger partial charge on any atom is 0.270 e. The number of nitro groups is 1. The number of carbonyl (C=O) groups is 1. The number of hydrogen-bond donors (Lipinski definition) is 1. The van der Waals surface area contributed by atoms with Crippen LogP contribution in [0.5, 0.6) is 0 Å². The molecule has 0 aromatic heterocycles.